The summed E-state index contributed by atoms with van der Waals surface area (Å²) in [4.78, 5) is 0. The zero-order chi connectivity index (χ0) is 13.6. The van der Waals surface area contributed by atoms with Crippen LogP contribution in [0.25, 0.3) is 0 Å². The highest BCUT2D eigenvalue weighted by atomic mass is 16.5. The van der Waals surface area contributed by atoms with Crippen LogP contribution in [0.4, 0.5) is 0 Å². The predicted octanol–water partition coefficient (Wildman–Crippen LogP) is 2.46. The Hall–Kier alpha value is -1.73. The number of hydrogen-bond acceptors (Lipinski definition) is 4. The first-order valence-electron chi connectivity index (χ1n) is 6.08. The first-order chi connectivity index (χ1) is 8.58. The van der Waals surface area contributed by atoms with Gasteiger partial charge in [-0.1, -0.05) is 13.8 Å². The molecule has 0 amide bonds. The molecule has 0 saturated heterocycles. The van der Waals surface area contributed by atoms with E-state index >= 15 is 0 Å². The molecule has 0 fully saturated rings. The average Bonchev–Trinajstić information content (AvgIpc) is 2.44. The molecular formula is C14H20N2O2. The van der Waals surface area contributed by atoms with Crippen molar-refractivity contribution in [1.29, 1.82) is 5.26 Å². The van der Waals surface area contributed by atoms with Gasteiger partial charge in [0, 0.05) is 11.6 Å². The fourth-order valence-corrected chi connectivity index (χ4v) is 1.52. The van der Waals surface area contributed by atoms with E-state index < -0.39 is 0 Å². The fourth-order valence-electron chi connectivity index (χ4n) is 1.52. The van der Waals surface area contributed by atoms with Gasteiger partial charge in [-0.3, -0.25) is 0 Å². The van der Waals surface area contributed by atoms with Crippen molar-refractivity contribution in [1.82, 2.24) is 0 Å². The third kappa shape index (κ3) is 3.38. The van der Waals surface area contributed by atoms with Crippen LogP contribution in [0.3, 0.4) is 0 Å². The quantitative estimate of drug-likeness (QED) is 0.839. The molecule has 1 aromatic carbocycles. The van der Waals surface area contributed by atoms with Gasteiger partial charge < -0.3 is 15.2 Å². The van der Waals surface area contributed by atoms with E-state index in [2.05, 4.69) is 6.07 Å². The lowest BCUT2D eigenvalue weighted by molar-refractivity contribution is 0.206. The number of nitriles is 1. The third-order valence-electron chi connectivity index (χ3n) is 3.23. The standard InChI is InChI=1S/C14H20N2O2/c1-4-14(16,5-2)10-18-13-8-12(17-3)7-6-11(13)9-15/h6-8H,4-5,10,16H2,1-3H3. The number of rotatable bonds is 6. The van der Waals surface area contributed by atoms with Crippen molar-refractivity contribution in [2.45, 2.75) is 32.2 Å². The Morgan fingerprint density at radius 2 is 2.00 bits per heavy atom. The molecular weight excluding hydrogens is 228 g/mol. The van der Waals surface area contributed by atoms with Gasteiger partial charge in [0.2, 0.25) is 0 Å². The van der Waals surface area contributed by atoms with Crippen LogP contribution >= 0.6 is 0 Å². The number of nitrogens with zero attached hydrogens (tertiary/aromatic N) is 1. The minimum atomic E-state index is -0.351. The van der Waals surface area contributed by atoms with Gasteiger partial charge in [-0.15, -0.1) is 0 Å². The second-order valence-electron chi connectivity index (χ2n) is 4.33. The highest BCUT2D eigenvalue weighted by Crippen LogP contribution is 2.25. The summed E-state index contributed by atoms with van der Waals surface area (Å²) in [5.74, 6) is 1.19. The van der Waals surface area contributed by atoms with Gasteiger partial charge in [0.15, 0.2) is 0 Å². The lowest BCUT2D eigenvalue weighted by Crippen LogP contribution is -2.44. The summed E-state index contributed by atoms with van der Waals surface area (Å²) < 4.78 is 10.8. The Morgan fingerprint density at radius 1 is 1.33 bits per heavy atom. The Balaban J connectivity index is 2.86. The lowest BCUT2D eigenvalue weighted by atomic mass is 9.95. The largest absolute Gasteiger partial charge is 0.497 e. The SMILES string of the molecule is CCC(N)(CC)COc1cc(OC)ccc1C#N. The highest BCUT2D eigenvalue weighted by Gasteiger charge is 2.21. The number of benzene rings is 1. The number of hydrogen-bond donors (Lipinski definition) is 1. The summed E-state index contributed by atoms with van der Waals surface area (Å²) >= 11 is 0. The minimum absolute atomic E-state index is 0.351. The van der Waals surface area contributed by atoms with Crippen LogP contribution in [0, 0.1) is 11.3 Å². The third-order valence-corrected chi connectivity index (χ3v) is 3.23. The molecule has 0 aromatic heterocycles. The molecule has 0 spiro atoms. The molecule has 98 valence electrons. The number of methoxy groups -OCH3 is 1. The van der Waals surface area contributed by atoms with Crippen molar-refractivity contribution in [2.24, 2.45) is 5.73 Å². The molecule has 0 atom stereocenters. The summed E-state index contributed by atoms with van der Waals surface area (Å²) in [6.45, 7) is 4.45. The minimum Gasteiger partial charge on any atom is -0.497 e. The predicted molar refractivity (Wildman–Crippen MR) is 70.7 cm³/mol. The molecule has 4 heteroatoms. The van der Waals surface area contributed by atoms with Gasteiger partial charge in [0.1, 0.15) is 24.2 Å². The summed E-state index contributed by atoms with van der Waals surface area (Å²) in [6, 6.07) is 7.23. The lowest BCUT2D eigenvalue weighted by Gasteiger charge is -2.26. The first-order valence-corrected chi connectivity index (χ1v) is 6.08. The van der Waals surface area contributed by atoms with Crippen molar-refractivity contribution in [3.63, 3.8) is 0 Å². The molecule has 0 radical (unpaired) electrons. The monoisotopic (exact) mass is 248 g/mol. The van der Waals surface area contributed by atoms with Gasteiger partial charge in [0.05, 0.1) is 12.7 Å². The van der Waals surface area contributed by atoms with E-state index in [1.54, 1.807) is 25.3 Å². The Kier molecular flexibility index (Phi) is 4.99. The number of ether oxygens (including phenoxy) is 2. The van der Waals surface area contributed by atoms with Crippen LogP contribution in [0.15, 0.2) is 18.2 Å². The van der Waals surface area contributed by atoms with Gasteiger partial charge >= 0.3 is 0 Å². The van der Waals surface area contributed by atoms with Crippen molar-refractivity contribution < 1.29 is 9.47 Å². The molecule has 2 N–H and O–H groups in total. The van der Waals surface area contributed by atoms with Crippen molar-refractivity contribution in [3.05, 3.63) is 23.8 Å². The summed E-state index contributed by atoms with van der Waals surface area (Å²) in [5.41, 5.74) is 6.31. The maximum Gasteiger partial charge on any atom is 0.140 e. The van der Waals surface area contributed by atoms with E-state index in [4.69, 9.17) is 20.5 Å². The van der Waals surface area contributed by atoms with E-state index in [0.717, 1.165) is 12.8 Å². The molecule has 0 unspecified atom stereocenters. The number of nitrogens with two attached hydrogens (primary N) is 1. The Bertz CT molecular complexity index is 434. The Morgan fingerprint density at radius 3 is 2.50 bits per heavy atom. The van der Waals surface area contributed by atoms with Crippen molar-refractivity contribution >= 4 is 0 Å². The van der Waals surface area contributed by atoms with E-state index in [1.807, 2.05) is 13.8 Å². The maximum atomic E-state index is 9.02. The fraction of sp³-hybridized carbons (Fsp3) is 0.500. The zero-order valence-electron chi connectivity index (χ0n) is 11.2. The molecule has 0 bridgehead atoms. The normalized spacial score (nSPS) is 10.8. The van der Waals surface area contributed by atoms with Gasteiger partial charge in [-0.25, -0.2) is 0 Å². The smallest absolute Gasteiger partial charge is 0.140 e. The molecule has 18 heavy (non-hydrogen) atoms. The molecule has 4 nitrogen and oxygen atoms in total. The summed E-state index contributed by atoms with van der Waals surface area (Å²) in [6.07, 6.45) is 1.66. The first kappa shape index (κ1) is 14.3. The van der Waals surface area contributed by atoms with E-state index in [-0.39, 0.29) is 5.54 Å². The molecule has 0 aliphatic rings. The molecule has 0 aliphatic carbocycles. The zero-order valence-corrected chi connectivity index (χ0v) is 11.2. The summed E-state index contributed by atoms with van der Waals surface area (Å²) in [5, 5.41) is 9.02. The maximum absolute atomic E-state index is 9.02. The topological polar surface area (TPSA) is 68.3 Å². The molecule has 0 aliphatic heterocycles. The van der Waals surface area contributed by atoms with E-state index in [0.29, 0.717) is 23.7 Å². The second-order valence-corrected chi connectivity index (χ2v) is 4.33. The second kappa shape index (κ2) is 6.27. The van der Waals surface area contributed by atoms with Crippen LogP contribution in [-0.4, -0.2) is 19.3 Å². The van der Waals surface area contributed by atoms with Crippen molar-refractivity contribution in [2.75, 3.05) is 13.7 Å². The molecule has 0 heterocycles. The van der Waals surface area contributed by atoms with Crippen LogP contribution < -0.4 is 15.2 Å². The van der Waals surface area contributed by atoms with E-state index in [9.17, 15) is 0 Å². The molecule has 0 saturated carbocycles. The molecule has 1 aromatic rings. The van der Waals surface area contributed by atoms with Crippen LogP contribution in [-0.2, 0) is 0 Å². The van der Waals surface area contributed by atoms with Gasteiger partial charge in [-0.05, 0) is 25.0 Å². The van der Waals surface area contributed by atoms with Gasteiger partial charge in [0.25, 0.3) is 0 Å². The van der Waals surface area contributed by atoms with Crippen LogP contribution in [0.5, 0.6) is 11.5 Å². The van der Waals surface area contributed by atoms with Gasteiger partial charge in [-0.2, -0.15) is 5.26 Å². The van der Waals surface area contributed by atoms with Crippen molar-refractivity contribution in [3.8, 4) is 17.6 Å². The van der Waals surface area contributed by atoms with Crippen LogP contribution in [0.1, 0.15) is 32.3 Å². The Labute approximate surface area is 108 Å². The summed E-state index contributed by atoms with van der Waals surface area (Å²) in [7, 11) is 1.58. The average molecular weight is 248 g/mol. The van der Waals surface area contributed by atoms with E-state index in [1.165, 1.54) is 0 Å². The van der Waals surface area contributed by atoms with Crippen LogP contribution in [0.2, 0.25) is 0 Å². The highest BCUT2D eigenvalue weighted by molar-refractivity contribution is 5.47. The molecule has 1 rings (SSSR count).